The van der Waals surface area contributed by atoms with Crippen LogP contribution in [0.25, 0.3) is 0 Å². The van der Waals surface area contributed by atoms with Gasteiger partial charge in [0.25, 0.3) is 0 Å². The molecule has 0 spiro atoms. The van der Waals surface area contributed by atoms with Gasteiger partial charge >= 0.3 is 5.97 Å². The van der Waals surface area contributed by atoms with E-state index in [2.05, 4.69) is 53.6 Å². The second-order valence-electron chi connectivity index (χ2n) is 15.8. The average molecular weight is 530 g/mol. The Hall–Kier alpha value is -0.910. The Balaban J connectivity index is 1.44. The number of hydrogen-bond acceptors (Lipinski definition) is 4. The van der Waals surface area contributed by atoms with E-state index in [0.717, 1.165) is 6.42 Å². The van der Waals surface area contributed by atoms with Gasteiger partial charge < -0.3 is 15.1 Å². The summed E-state index contributed by atoms with van der Waals surface area (Å²) in [5, 5.41) is 20.0. The quantitative estimate of drug-likeness (QED) is 0.188. The SMILES string of the molecule is C=C(C)[C@@H]1CC[C@]2(CONCCC(=O)O)CC[C@]3(C)[C@H](CC[C@@H]4[C@@]5(C)CC[C@H](O)C(C)(C)[C@@H]5CC[C@]43C)[C@@H]12. The molecule has 5 rings (SSSR count). The van der Waals surface area contributed by atoms with Gasteiger partial charge in [0.15, 0.2) is 0 Å². The van der Waals surface area contributed by atoms with Gasteiger partial charge in [-0.1, -0.05) is 46.8 Å². The summed E-state index contributed by atoms with van der Waals surface area (Å²) < 4.78 is 0. The van der Waals surface area contributed by atoms with Crippen molar-refractivity contribution in [2.24, 2.45) is 56.7 Å². The first-order chi connectivity index (χ1) is 17.7. The van der Waals surface area contributed by atoms with Crippen LogP contribution >= 0.6 is 0 Å². The van der Waals surface area contributed by atoms with Crippen molar-refractivity contribution in [3.63, 3.8) is 0 Å². The summed E-state index contributed by atoms with van der Waals surface area (Å²) in [6.07, 6.45) is 12.0. The molecule has 0 aliphatic heterocycles. The molecule has 5 nitrogen and oxygen atoms in total. The lowest BCUT2D eigenvalue weighted by Gasteiger charge is -2.73. The molecule has 0 bridgehead atoms. The van der Waals surface area contributed by atoms with Crippen molar-refractivity contribution in [2.45, 2.75) is 118 Å². The number of allylic oxidation sites excluding steroid dienone is 1. The van der Waals surface area contributed by atoms with E-state index in [4.69, 9.17) is 9.94 Å². The Labute approximate surface area is 231 Å². The first-order valence-electron chi connectivity index (χ1n) is 15.6. The Bertz CT molecular complexity index is 947. The molecule has 0 radical (unpaired) electrons. The molecule has 5 aliphatic rings. The van der Waals surface area contributed by atoms with Crippen molar-refractivity contribution in [1.82, 2.24) is 5.48 Å². The van der Waals surface area contributed by atoms with Gasteiger partial charge in [-0.25, -0.2) is 5.48 Å². The van der Waals surface area contributed by atoms with E-state index in [-0.39, 0.29) is 23.4 Å². The normalized spacial score (nSPS) is 49.3. The number of carbonyl (C=O) groups is 1. The van der Waals surface area contributed by atoms with Crippen LogP contribution in [0.4, 0.5) is 0 Å². The Kier molecular flexibility index (Phi) is 7.22. The van der Waals surface area contributed by atoms with Gasteiger partial charge in [-0.15, -0.1) is 0 Å². The Morgan fingerprint density at radius 3 is 2.34 bits per heavy atom. The van der Waals surface area contributed by atoms with Crippen molar-refractivity contribution >= 4 is 5.97 Å². The molecule has 0 heterocycles. The van der Waals surface area contributed by atoms with E-state index in [0.29, 0.717) is 59.0 Å². The zero-order valence-electron chi connectivity index (χ0n) is 25.1. The predicted molar refractivity (Wildman–Crippen MR) is 151 cm³/mol. The average Bonchev–Trinajstić information content (AvgIpc) is 3.22. The first-order valence-corrected chi connectivity index (χ1v) is 15.6. The lowest BCUT2D eigenvalue weighted by Crippen LogP contribution is -2.66. The van der Waals surface area contributed by atoms with Crippen molar-refractivity contribution in [1.29, 1.82) is 0 Å². The van der Waals surface area contributed by atoms with Crippen LogP contribution in [0.5, 0.6) is 0 Å². The summed E-state index contributed by atoms with van der Waals surface area (Å²) in [6.45, 7) is 20.4. The van der Waals surface area contributed by atoms with E-state index in [1.54, 1.807) is 0 Å². The standard InChI is InChI=1S/C33H55NO4/c1-21(2)22-10-16-33(20-38-34-19-13-27(36)37)18-17-31(6)23(28(22)33)8-9-25-30(5)14-12-26(35)29(3,4)24(30)11-15-32(25,31)7/h22-26,28,34-35H,1,8-20H2,2-7H3,(H,36,37)/t22-,23+,24-,25+,26-,28+,30-,31+,32+,33+/m0/s1. The lowest BCUT2D eigenvalue weighted by molar-refractivity contribution is -0.251. The molecule has 0 aromatic rings. The molecule has 5 fully saturated rings. The van der Waals surface area contributed by atoms with Crippen LogP contribution < -0.4 is 5.48 Å². The Morgan fingerprint density at radius 2 is 1.66 bits per heavy atom. The van der Waals surface area contributed by atoms with Gasteiger partial charge in [0.2, 0.25) is 0 Å². The zero-order valence-corrected chi connectivity index (χ0v) is 25.1. The number of carboxylic acids is 1. The molecule has 38 heavy (non-hydrogen) atoms. The number of hydrogen-bond donors (Lipinski definition) is 3. The third kappa shape index (κ3) is 3.99. The van der Waals surface area contributed by atoms with Crippen LogP contribution in [-0.2, 0) is 9.63 Å². The molecular weight excluding hydrogens is 474 g/mol. The highest BCUT2D eigenvalue weighted by Crippen LogP contribution is 2.77. The number of hydroxylamine groups is 1. The van der Waals surface area contributed by atoms with E-state index >= 15 is 0 Å². The maximum atomic E-state index is 11.0. The Morgan fingerprint density at radius 1 is 0.921 bits per heavy atom. The molecule has 0 aromatic heterocycles. The maximum Gasteiger partial charge on any atom is 0.304 e. The van der Waals surface area contributed by atoms with Crippen LogP contribution in [0.3, 0.4) is 0 Å². The summed E-state index contributed by atoms with van der Waals surface area (Å²) in [5.41, 5.74) is 5.38. The topological polar surface area (TPSA) is 78.8 Å². The third-order valence-corrected chi connectivity index (χ3v) is 14.1. The molecule has 216 valence electrons. The molecule has 0 saturated heterocycles. The minimum absolute atomic E-state index is 0.00468. The van der Waals surface area contributed by atoms with Crippen molar-refractivity contribution < 1.29 is 19.8 Å². The number of aliphatic hydroxyl groups excluding tert-OH is 1. The minimum atomic E-state index is -0.793. The van der Waals surface area contributed by atoms with Gasteiger partial charge in [0.05, 0.1) is 19.1 Å². The smallest absolute Gasteiger partial charge is 0.304 e. The van der Waals surface area contributed by atoms with E-state index in [1.807, 2.05) is 0 Å². The largest absolute Gasteiger partial charge is 0.481 e. The highest BCUT2D eigenvalue weighted by molar-refractivity contribution is 5.66. The molecule has 5 saturated carbocycles. The lowest BCUT2D eigenvalue weighted by atomic mass is 9.32. The number of rotatable bonds is 7. The summed E-state index contributed by atoms with van der Waals surface area (Å²) in [7, 11) is 0. The number of nitrogens with one attached hydrogen (secondary N) is 1. The molecule has 0 aromatic carbocycles. The van der Waals surface area contributed by atoms with Gasteiger partial charge in [0, 0.05) is 6.54 Å². The van der Waals surface area contributed by atoms with Gasteiger partial charge in [-0.2, -0.15) is 0 Å². The molecule has 5 heteroatoms. The second kappa shape index (κ2) is 9.58. The third-order valence-electron chi connectivity index (χ3n) is 14.1. The highest BCUT2D eigenvalue weighted by Gasteiger charge is 2.70. The zero-order chi connectivity index (χ0) is 27.7. The van der Waals surface area contributed by atoms with Crippen molar-refractivity contribution in [3.8, 4) is 0 Å². The number of fused-ring (bicyclic) bond motifs is 7. The highest BCUT2D eigenvalue weighted by atomic mass is 16.6. The number of aliphatic hydroxyl groups is 1. The molecule has 10 atom stereocenters. The van der Waals surface area contributed by atoms with Gasteiger partial charge in [-0.05, 0) is 128 Å². The number of aliphatic carboxylic acids is 1. The minimum Gasteiger partial charge on any atom is -0.481 e. The number of carboxylic acid groups (broad SMARTS) is 1. The fourth-order valence-corrected chi connectivity index (χ4v) is 11.9. The van der Waals surface area contributed by atoms with Crippen LogP contribution in [0.15, 0.2) is 12.2 Å². The summed E-state index contributed by atoms with van der Waals surface area (Å²) >= 11 is 0. The first kappa shape index (κ1) is 28.6. The predicted octanol–water partition coefficient (Wildman–Crippen LogP) is 7.00. The summed E-state index contributed by atoms with van der Waals surface area (Å²) in [4.78, 5) is 17.0. The molecule has 5 aliphatic carbocycles. The second-order valence-corrected chi connectivity index (χ2v) is 15.8. The molecule has 0 unspecified atom stereocenters. The van der Waals surface area contributed by atoms with Crippen LogP contribution in [0, 0.1) is 56.7 Å². The van der Waals surface area contributed by atoms with Crippen molar-refractivity contribution in [2.75, 3.05) is 13.2 Å². The summed E-state index contributed by atoms with van der Waals surface area (Å²) in [6, 6.07) is 0. The van der Waals surface area contributed by atoms with Crippen LogP contribution in [0.1, 0.15) is 112 Å². The molecule has 0 amide bonds. The molecule has 3 N–H and O–H groups in total. The fourth-order valence-electron chi connectivity index (χ4n) is 11.9. The fraction of sp³-hybridized carbons (Fsp3) is 0.909. The monoisotopic (exact) mass is 529 g/mol. The van der Waals surface area contributed by atoms with Crippen molar-refractivity contribution in [3.05, 3.63) is 12.2 Å². The van der Waals surface area contributed by atoms with Gasteiger partial charge in [0.1, 0.15) is 0 Å². The van der Waals surface area contributed by atoms with Crippen LogP contribution in [0.2, 0.25) is 0 Å². The summed E-state index contributed by atoms with van der Waals surface area (Å²) in [5.74, 6) is 2.34. The van der Waals surface area contributed by atoms with Gasteiger partial charge in [-0.3, -0.25) is 4.79 Å². The maximum absolute atomic E-state index is 11.0. The van der Waals surface area contributed by atoms with Crippen LogP contribution in [-0.4, -0.2) is 35.4 Å². The molecular formula is C33H55NO4. The van der Waals surface area contributed by atoms with E-state index in [9.17, 15) is 9.90 Å². The van der Waals surface area contributed by atoms with E-state index < -0.39 is 5.97 Å². The van der Waals surface area contributed by atoms with E-state index in [1.165, 1.54) is 63.4 Å².